The molecule has 218 valence electrons. The number of nitrogens with zero attached hydrogens (tertiary/aromatic N) is 1. The monoisotopic (exact) mass is 558 g/mol. The molecule has 2 aliphatic heterocycles. The lowest BCUT2D eigenvalue weighted by atomic mass is 9.34. The third-order valence-corrected chi connectivity index (χ3v) is 12.3. The summed E-state index contributed by atoms with van der Waals surface area (Å²) in [4.78, 5) is 15.0. The lowest BCUT2D eigenvalue weighted by Gasteiger charge is -2.74. The van der Waals surface area contributed by atoms with E-state index in [-0.39, 0.29) is 28.9 Å². The zero-order valence-electron chi connectivity index (χ0n) is 24.4. The average Bonchev–Trinajstić information content (AvgIpc) is 3.74. The van der Waals surface area contributed by atoms with Crippen LogP contribution in [-0.2, 0) is 21.4 Å². The van der Waals surface area contributed by atoms with Crippen LogP contribution in [0.4, 0.5) is 0 Å². The molecule has 0 radical (unpaired) electrons. The summed E-state index contributed by atoms with van der Waals surface area (Å²) in [7, 11) is 3.60. The second-order valence-electron chi connectivity index (χ2n) is 13.7. The SMILES string of the molecule is COc1ccc2c3c1O[C@@H]1[C@]34CCN(CC3CC3)[C@H](C2)[C@]42CC[C@@]1(OC)C(C(NC(C)C(=O)O)c1ccccc1)C2. The van der Waals surface area contributed by atoms with Crippen molar-refractivity contribution < 1.29 is 24.1 Å². The Kier molecular flexibility index (Phi) is 5.68. The lowest BCUT2D eigenvalue weighted by molar-refractivity contribution is -0.282. The number of ether oxygens (including phenoxy) is 3. The molecule has 2 aromatic rings. The normalized spacial score (nSPS) is 37.7. The Morgan fingerprint density at radius 2 is 1.95 bits per heavy atom. The van der Waals surface area contributed by atoms with Crippen molar-refractivity contribution in [2.75, 3.05) is 27.3 Å². The van der Waals surface area contributed by atoms with E-state index >= 15 is 0 Å². The number of benzene rings is 2. The number of hydrogen-bond acceptors (Lipinski definition) is 6. The van der Waals surface area contributed by atoms with Gasteiger partial charge in [-0.1, -0.05) is 36.4 Å². The summed E-state index contributed by atoms with van der Waals surface area (Å²) >= 11 is 0. The van der Waals surface area contributed by atoms with Crippen LogP contribution < -0.4 is 14.8 Å². The molecule has 9 rings (SSSR count). The van der Waals surface area contributed by atoms with Crippen molar-refractivity contribution in [2.45, 2.75) is 87.1 Å². The molecule has 7 heteroatoms. The fourth-order valence-corrected chi connectivity index (χ4v) is 10.4. The number of carbonyl (C=O) groups is 1. The first-order valence-corrected chi connectivity index (χ1v) is 15.6. The Labute approximate surface area is 242 Å². The molecule has 0 aromatic heterocycles. The molecule has 1 saturated heterocycles. The van der Waals surface area contributed by atoms with E-state index in [9.17, 15) is 9.90 Å². The highest BCUT2D eigenvalue weighted by Gasteiger charge is 2.81. The van der Waals surface area contributed by atoms with E-state index in [0.717, 1.165) is 61.6 Å². The summed E-state index contributed by atoms with van der Waals surface area (Å²) < 4.78 is 19.9. The molecule has 4 bridgehead atoms. The van der Waals surface area contributed by atoms with Crippen molar-refractivity contribution in [1.82, 2.24) is 10.2 Å². The molecule has 41 heavy (non-hydrogen) atoms. The molecule has 7 aliphatic rings. The smallest absolute Gasteiger partial charge is 0.320 e. The first-order chi connectivity index (χ1) is 19.9. The molecule has 4 saturated carbocycles. The predicted octanol–water partition coefficient (Wildman–Crippen LogP) is 4.72. The molecule has 2 N–H and O–H groups in total. The van der Waals surface area contributed by atoms with E-state index in [1.807, 2.05) is 13.2 Å². The van der Waals surface area contributed by atoms with Gasteiger partial charge in [0.2, 0.25) is 0 Å². The van der Waals surface area contributed by atoms with E-state index < -0.39 is 17.6 Å². The van der Waals surface area contributed by atoms with E-state index in [1.165, 1.54) is 30.5 Å². The van der Waals surface area contributed by atoms with Crippen LogP contribution >= 0.6 is 0 Å². The standard InChI is InChI=1S/C34H42N2O5/c1-20(30(37)38)35-28(22-7-5-4-6-8-22)24-18-32-13-14-34(24,40-3)31-33(32)15-16-36(19-21-9-10-21)26(32)17-23-11-12-25(39-2)29(41-31)27(23)33/h4-8,11-12,20-21,24,26,28,31,35H,9-10,13-19H2,1-3H3,(H,37,38)/t20?,24?,26-,28?,31-,32-,33+,34-/m1/s1. The van der Waals surface area contributed by atoms with Crippen LogP contribution in [-0.4, -0.2) is 67.1 Å². The van der Waals surface area contributed by atoms with Crippen LogP contribution in [0.15, 0.2) is 42.5 Å². The minimum absolute atomic E-state index is 0.0293. The van der Waals surface area contributed by atoms with Gasteiger partial charge in [0.1, 0.15) is 17.7 Å². The highest BCUT2D eigenvalue weighted by Crippen LogP contribution is 2.77. The third-order valence-electron chi connectivity index (χ3n) is 12.3. The van der Waals surface area contributed by atoms with E-state index in [4.69, 9.17) is 14.2 Å². The molecular formula is C34H42N2O5. The van der Waals surface area contributed by atoms with Crippen molar-refractivity contribution in [3.05, 3.63) is 59.2 Å². The maximum atomic E-state index is 12.2. The number of fused-ring (bicyclic) bond motifs is 2. The maximum absolute atomic E-state index is 12.2. The van der Waals surface area contributed by atoms with Crippen LogP contribution in [0.25, 0.3) is 0 Å². The molecule has 3 unspecified atom stereocenters. The number of rotatable bonds is 9. The zero-order valence-corrected chi connectivity index (χ0v) is 24.4. The van der Waals surface area contributed by atoms with Gasteiger partial charge < -0.3 is 19.3 Å². The fourth-order valence-electron chi connectivity index (χ4n) is 10.4. The number of likely N-dealkylation sites (tertiary alicyclic amines) is 1. The van der Waals surface area contributed by atoms with Gasteiger partial charge in [-0.3, -0.25) is 15.0 Å². The number of nitrogens with one attached hydrogen (secondary N) is 1. The van der Waals surface area contributed by atoms with Crippen molar-refractivity contribution in [3.63, 3.8) is 0 Å². The highest BCUT2D eigenvalue weighted by atomic mass is 16.6. The zero-order chi connectivity index (χ0) is 28.1. The fraction of sp³-hybridized carbons (Fsp3) is 0.618. The quantitative estimate of drug-likeness (QED) is 0.461. The summed E-state index contributed by atoms with van der Waals surface area (Å²) in [6.07, 6.45) is 7.68. The summed E-state index contributed by atoms with van der Waals surface area (Å²) in [5, 5.41) is 13.5. The Hall–Kier alpha value is -2.61. The van der Waals surface area contributed by atoms with E-state index in [0.29, 0.717) is 6.04 Å². The summed E-state index contributed by atoms with van der Waals surface area (Å²) in [5.74, 6) is 1.80. The van der Waals surface area contributed by atoms with E-state index in [2.05, 4.69) is 46.6 Å². The lowest BCUT2D eigenvalue weighted by Crippen LogP contribution is -2.81. The summed E-state index contributed by atoms with van der Waals surface area (Å²) in [5.41, 5.74) is 3.28. The van der Waals surface area contributed by atoms with Crippen LogP contribution in [0.3, 0.4) is 0 Å². The van der Waals surface area contributed by atoms with Gasteiger partial charge in [-0.15, -0.1) is 0 Å². The number of hydrogen-bond donors (Lipinski definition) is 2. The van der Waals surface area contributed by atoms with Gasteiger partial charge in [-0.25, -0.2) is 0 Å². The Bertz CT molecular complexity index is 1380. The summed E-state index contributed by atoms with van der Waals surface area (Å²) in [6.45, 7) is 4.05. The largest absolute Gasteiger partial charge is 0.493 e. The van der Waals surface area contributed by atoms with Crippen molar-refractivity contribution in [2.24, 2.45) is 17.3 Å². The predicted molar refractivity (Wildman–Crippen MR) is 154 cm³/mol. The van der Waals surface area contributed by atoms with Crippen LogP contribution in [0, 0.1) is 17.3 Å². The van der Waals surface area contributed by atoms with Gasteiger partial charge in [0.25, 0.3) is 0 Å². The van der Waals surface area contributed by atoms with Gasteiger partial charge in [0, 0.05) is 48.0 Å². The molecule has 7 nitrogen and oxygen atoms in total. The molecule has 2 aromatic carbocycles. The first kappa shape index (κ1) is 26.1. The second kappa shape index (κ2) is 8.95. The van der Waals surface area contributed by atoms with E-state index in [1.54, 1.807) is 14.0 Å². The van der Waals surface area contributed by atoms with Crippen molar-refractivity contribution in [3.8, 4) is 11.5 Å². The minimum Gasteiger partial charge on any atom is -0.493 e. The number of carboxylic acids is 1. The number of aliphatic carboxylic acids is 1. The van der Waals surface area contributed by atoms with Gasteiger partial charge in [-0.2, -0.15) is 0 Å². The van der Waals surface area contributed by atoms with Gasteiger partial charge in [0.15, 0.2) is 11.5 Å². The van der Waals surface area contributed by atoms with Gasteiger partial charge in [-0.05, 0) is 81.5 Å². The molecule has 2 heterocycles. The molecule has 0 amide bonds. The highest BCUT2D eigenvalue weighted by molar-refractivity contribution is 5.73. The topological polar surface area (TPSA) is 80.3 Å². The molecular weight excluding hydrogens is 516 g/mol. The van der Waals surface area contributed by atoms with Crippen LogP contribution in [0.5, 0.6) is 11.5 Å². The third kappa shape index (κ3) is 3.29. The maximum Gasteiger partial charge on any atom is 0.320 e. The van der Waals surface area contributed by atoms with Crippen molar-refractivity contribution in [1.29, 1.82) is 0 Å². The van der Waals surface area contributed by atoms with Gasteiger partial charge in [0.05, 0.1) is 7.11 Å². The van der Waals surface area contributed by atoms with Gasteiger partial charge >= 0.3 is 5.97 Å². The first-order valence-electron chi connectivity index (χ1n) is 15.6. The molecule has 5 fully saturated rings. The van der Waals surface area contributed by atoms with Crippen molar-refractivity contribution >= 4 is 5.97 Å². The Balaban J connectivity index is 1.33. The Morgan fingerprint density at radius 3 is 2.66 bits per heavy atom. The van der Waals surface area contributed by atoms with Crippen LogP contribution in [0.1, 0.15) is 68.2 Å². The molecule has 8 atom stereocenters. The molecule has 2 spiro atoms. The molecule has 5 aliphatic carbocycles. The van der Waals surface area contributed by atoms with Crippen LogP contribution in [0.2, 0.25) is 0 Å². The Morgan fingerprint density at radius 1 is 1.15 bits per heavy atom. The number of carboxylic acid groups (broad SMARTS) is 1. The average molecular weight is 559 g/mol. The number of methoxy groups -OCH3 is 2. The second-order valence-corrected chi connectivity index (χ2v) is 13.7. The summed E-state index contributed by atoms with van der Waals surface area (Å²) in [6, 6.07) is 14.4. The minimum atomic E-state index is -0.836. The number of piperidine rings is 1.